The van der Waals surface area contributed by atoms with E-state index in [0.29, 0.717) is 38.3 Å². The number of amides is 1. The van der Waals surface area contributed by atoms with Gasteiger partial charge in [0.05, 0.1) is 46.0 Å². The second-order valence-electron chi connectivity index (χ2n) is 16.1. The lowest BCUT2D eigenvalue weighted by molar-refractivity contribution is -0.153. The molecule has 4 unspecified atom stereocenters. The van der Waals surface area contributed by atoms with Gasteiger partial charge in [0.1, 0.15) is 29.3 Å². The number of ether oxygens (including phenoxy) is 2. The van der Waals surface area contributed by atoms with Gasteiger partial charge in [-0.2, -0.15) is 0 Å². The van der Waals surface area contributed by atoms with Crippen LogP contribution in [0.4, 0.5) is 20.2 Å². The van der Waals surface area contributed by atoms with Crippen molar-refractivity contribution in [3.8, 4) is 0 Å². The highest BCUT2D eigenvalue weighted by Crippen LogP contribution is 2.31. The molecule has 4 aliphatic heterocycles. The number of hydrogen-bond acceptors (Lipinski definition) is 9. The number of Topliss-reactive ketones (excluding diaryl/α,β-unsaturated/α-hetero) is 2. The van der Waals surface area contributed by atoms with E-state index >= 15 is 0 Å². The summed E-state index contributed by atoms with van der Waals surface area (Å²) in [6.07, 6.45) is 8.77. The third-order valence-corrected chi connectivity index (χ3v) is 11.6. The van der Waals surface area contributed by atoms with E-state index in [1.165, 1.54) is 24.3 Å². The van der Waals surface area contributed by atoms with E-state index in [1.807, 2.05) is 38.1 Å². The fourth-order valence-electron chi connectivity index (χ4n) is 7.81. The molecule has 0 aliphatic carbocycles. The summed E-state index contributed by atoms with van der Waals surface area (Å²) in [6.45, 7) is 6.64. The number of carbonyl (C=O) groups excluding carboxylic acids is 3. The summed E-state index contributed by atoms with van der Waals surface area (Å²) < 4.78 is 36.6. The number of carboxylic acids is 1. The first-order valence-electron chi connectivity index (χ1n) is 21.5. The summed E-state index contributed by atoms with van der Waals surface area (Å²) >= 11 is 0. The van der Waals surface area contributed by atoms with Crippen LogP contribution in [0.3, 0.4) is 0 Å². The van der Waals surface area contributed by atoms with Gasteiger partial charge >= 0.3 is 5.97 Å². The van der Waals surface area contributed by atoms with Crippen molar-refractivity contribution in [2.75, 3.05) is 36.5 Å². The number of rotatable bonds is 10. The minimum atomic E-state index is -0.824. The second kappa shape index (κ2) is 21.9. The first kappa shape index (κ1) is 45.1. The SMILES string of the molecule is CC(C(=O)Cc1ccc(F)cc1)c1ccc2c(n1)CCCN2.CC(C(=O)Cc1ccc(F)cc1)c1ccc2c(n1)CCCN2C(=O)C1CCCCO1.O=C(O)C1CCCCO1. The van der Waals surface area contributed by atoms with Crippen molar-refractivity contribution >= 4 is 34.8 Å². The molecule has 4 atom stereocenters. The van der Waals surface area contributed by atoms with E-state index in [4.69, 9.17) is 19.6 Å². The molecule has 4 aromatic rings. The molecule has 2 aromatic carbocycles. The maximum absolute atomic E-state index is 13.1. The van der Waals surface area contributed by atoms with Crippen LogP contribution in [0.25, 0.3) is 0 Å². The minimum absolute atomic E-state index is 0.0191. The van der Waals surface area contributed by atoms with Crippen LogP contribution in [-0.4, -0.2) is 77.0 Å². The highest BCUT2D eigenvalue weighted by molar-refractivity contribution is 5.97. The van der Waals surface area contributed by atoms with E-state index in [2.05, 4.69) is 10.3 Å². The van der Waals surface area contributed by atoms with Crippen LogP contribution >= 0.6 is 0 Å². The van der Waals surface area contributed by atoms with Crippen LogP contribution in [0.2, 0.25) is 0 Å². The zero-order chi connectivity index (χ0) is 43.3. The van der Waals surface area contributed by atoms with Crippen LogP contribution in [0.5, 0.6) is 0 Å². The first-order valence-corrected chi connectivity index (χ1v) is 21.5. The van der Waals surface area contributed by atoms with Crippen molar-refractivity contribution in [3.63, 3.8) is 0 Å². The van der Waals surface area contributed by atoms with Gasteiger partial charge in [-0.15, -0.1) is 0 Å². The molecule has 2 saturated heterocycles. The van der Waals surface area contributed by atoms with E-state index < -0.39 is 12.1 Å². The average Bonchev–Trinajstić information content (AvgIpc) is 3.30. The van der Waals surface area contributed by atoms with Crippen LogP contribution in [0.1, 0.15) is 111 Å². The van der Waals surface area contributed by atoms with E-state index in [9.17, 15) is 28.0 Å². The number of carboxylic acid groups (broad SMARTS) is 1. The molecular weight excluding hydrogens is 783 g/mol. The smallest absolute Gasteiger partial charge is 0.332 e. The van der Waals surface area contributed by atoms with Gasteiger partial charge in [0, 0.05) is 39.1 Å². The number of anilines is 2. The maximum Gasteiger partial charge on any atom is 0.332 e. The number of carbonyl (C=O) groups is 4. The van der Waals surface area contributed by atoms with E-state index in [-0.39, 0.29) is 53.5 Å². The molecule has 0 saturated carbocycles. The van der Waals surface area contributed by atoms with Crippen molar-refractivity contribution in [1.82, 2.24) is 9.97 Å². The van der Waals surface area contributed by atoms with Gasteiger partial charge in [0.25, 0.3) is 5.91 Å². The van der Waals surface area contributed by atoms with Crippen molar-refractivity contribution in [2.24, 2.45) is 0 Å². The molecule has 0 spiro atoms. The van der Waals surface area contributed by atoms with Crippen LogP contribution in [0.15, 0.2) is 72.8 Å². The number of pyridine rings is 2. The van der Waals surface area contributed by atoms with Gasteiger partial charge in [0.15, 0.2) is 6.10 Å². The number of fused-ring (bicyclic) bond motifs is 2. The lowest BCUT2D eigenvalue weighted by atomic mass is 9.95. The molecule has 2 fully saturated rings. The number of nitrogens with one attached hydrogen (secondary N) is 1. The number of hydrogen-bond donors (Lipinski definition) is 2. The quantitative estimate of drug-likeness (QED) is 0.161. The average molecular weight is 839 g/mol. The zero-order valence-corrected chi connectivity index (χ0v) is 35.0. The number of aryl methyl sites for hydroxylation is 2. The summed E-state index contributed by atoms with van der Waals surface area (Å²) in [6, 6.07) is 19.8. The summed E-state index contributed by atoms with van der Waals surface area (Å²) in [5.74, 6) is -1.89. The van der Waals surface area contributed by atoms with Gasteiger partial charge < -0.3 is 24.8 Å². The second-order valence-corrected chi connectivity index (χ2v) is 16.1. The lowest BCUT2D eigenvalue weighted by Gasteiger charge is -2.33. The Bertz CT molecular complexity index is 2120. The third kappa shape index (κ3) is 12.6. The molecule has 6 heterocycles. The maximum atomic E-state index is 13.1. The molecule has 4 aliphatic rings. The molecule has 0 radical (unpaired) electrons. The van der Waals surface area contributed by atoms with Crippen molar-refractivity contribution in [3.05, 3.63) is 118 Å². The molecule has 324 valence electrons. The molecule has 2 N–H and O–H groups in total. The van der Waals surface area contributed by atoms with Crippen LogP contribution < -0.4 is 10.2 Å². The summed E-state index contributed by atoms with van der Waals surface area (Å²) in [4.78, 5) is 59.5. The molecular formula is C48H56F2N4O7. The van der Waals surface area contributed by atoms with Crippen molar-refractivity contribution in [2.45, 2.75) is 115 Å². The van der Waals surface area contributed by atoms with Gasteiger partial charge in [-0.25, -0.2) is 13.6 Å². The standard InChI is InChI=1S/C24H27FN2O3.C18H19FN2O.C6H10O3/c1-16(22(28)15-17-7-9-18(25)10-8-17)19-11-12-21-20(26-19)5-4-13-27(21)24(29)23-6-2-3-14-30-23;1-12(18(22)11-13-4-6-14(19)7-5-13)15-8-9-16-17(21-15)3-2-10-20-16;7-6(8)5-3-1-2-4-9-5/h7-12,16,23H,2-6,13-15H2,1H3;4-9,12,20H,2-3,10-11H2,1H3;5H,1-4H2,(H,7,8). The van der Waals surface area contributed by atoms with Gasteiger partial charge in [-0.1, -0.05) is 24.3 Å². The first-order chi connectivity index (χ1) is 29.5. The predicted octanol–water partition coefficient (Wildman–Crippen LogP) is 8.12. The fraction of sp³-hybridized carbons (Fsp3) is 0.458. The number of aromatic nitrogens is 2. The Labute approximate surface area is 356 Å². The molecule has 1 amide bonds. The molecule has 11 nitrogen and oxygen atoms in total. The normalized spacial score (nSPS) is 19.2. The van der Waals surface area contributed by atoms with Gasteiger partial charge in [0.2, 0.25) is 0 Å². The Morgan fingerprint density at radius 3 is 1.74 bits per heavy atom. The van der Waals surface area contributed by atoms with Gasteiger partial charge in [-0.3, -0.25) is 24.4 Å². The highest BCUT2D eigenvalue weighted by atomic mass is 19.1. The molecule has 13 heteroatoms. The van der Waals surface area contributed by atoms with E-state index in [1.54, 1.807) is 29.2 Å². The van der Waals surface area contributed by atoms with Crippen LogP contribution in [0, 0.1) is 11.6 Å². The third-order valence-electron chi connectivity index (χ3n) is 11.6. The number of benzene rings is 2. The number of nitrogens with zero attached hydrogens (tertiary/aromatic N) is 3. The Kier molecular flexibility index (Phi) is 16.2. The largest absolute Gasteiger partial charge is 0.479 e. The van der Waals surface area contributed by atoms with Crippen molar-refractivity contribution in [1.29, 1.82) is 0 Å². The van der Waals surface area contributed by atoms with Crippen LogP contribution in [-0.2, 0) is 54.3 Å². The van der Waals surface area contributed by atoms with Gasteiger partial charge in [-0.05, 0) is 138 Å². The highest BCUT2D eigenvalue weighted by Gasteiger charge is 2.32. The van der Waals surface area contributed by atoms with Crippen molar-refractivity contribution < 1.29 is 42.5 Å². The molecule has 0 bridgehead atoms. The molecule has 2 aromatic heterocycles. The predicted molar refractivity (Wildman–Crippen MR) is 228 cm³/mol. The number of ketones is 2. The lowest BCUT2D eigenvalue weighted by Crippen LogP contribution is -2.44. The Balaban J connectivity index is 0.000000175. The number of halogens is 2. The topological polar surface area (TPSA) is 148 Å². The zero-order valence-electron chi connectivity index (χ0n) is 35.0. The minimum Gasteiger partial charge on any atom is -0.479 e. The number of aliphatic carboxylic acids is 1. The fourth-order valence-corrected chi connectivity index (χ4v) is 7.81. The van der Waals surface area contributed by atoms with E-state index in [0.717, 1.165) is 104 Å². The molecule has 8 rings (SSSR count). The summed E-state index contributed by atoms with van der Waals surface area (Å²) in [5, 5.41) is 11.7. The Hall–Kier alpha value is -5.40. The monoisotopic (exact) mass is 838 g/mol. The Morgan fingerprint density at radius 2 is 1.21 bits per heavy atom. The summed E-state index contributed by atoms with van der Waals surface area (Å²) in [5.41, 5.74) is 6.97. The Morgan fingerprint density at radius 1 is 0.689 bits per heavy atom. The summed E-state index contributed by atoms with van der Waals surface area (Å²) in [7, 11) is 0. The molecule has 61 heavy (non-hydrogen) atoms.